The minimum atomic E-state index is -0.796. The zero-order valence-corrected chi connectivity index (χ0v) is 51.3. The first-order valence-corrected chi connectivity index (χ1v) is 32.7. The smallest absolute Gasteiger partial charge is 0.306 e. The molecule has 0 aliphatic heterocycles. The van der Waals surface area contributed by atoms with Crippen LogP contribution in [0.5, 0.6) is 0 Å². The number of esters is 3. The van der Waals surface area contributed by atoms with E-state index in [1.54, 1.807) is 0 Å². The predicted molar refractivity (Wildman–Crippen MR) is 343 cm³/mol. The number of carbonyl (C=O) groups excluding carboxylic acids is 3. The van der Waals surface area contributed by atoms with E-state index in [0.717, 1.165) is 154 Å². The Hall–Kier alpha value is -4.45. The van der Waals surface area contributed by atoms with Crippen molar-refractivity contribution in [2.24, 2.45) is 0 Å². The monoisotopic (exact) mass is 1090 g/mol. The van der Waals surface area contributed by atoms with Crippen molar-refractivity contribution in [2.45, 2.75) is 297 Å². The molecule has 0 N–H and O–H groups in total. The lowest BCUT2D eigenvalue weighted by Gasteiger charge is -2.18. The van der Waals surface area contributed by atoms with Gasteiger partial charge in [0, 0.05) is 19.3 Å². The first kappa shape index (κ1) is 74.5. The van der Waals surface area contributed by atoms with E-state index >= 15 is 0 Å². The molecule has 0 saturated heterocycles. The highest BCUT2D eigenvalue weighted by atomic mass is 16.6. The molecule has 0 heterocycles. The molecule has 0 saturated carbocycles. The molecule has 0 fully saturated rings. The Morgan fingerprint density at radius 1 is 0.266 bits per heavy atom. The summed E-state index contributed by atoms with van der Waals surface area (Å²) in [6, 6.07) is 0. The van der Waals surface area contributed by atoms with Crippen LogP contribution in [0, 0.1) is 0 Å². The summed E-state index contributed by atoms with van der Waals surface area (Å²) in [4.78, 5) is 38.2. The van der Waals surface area contributed by atoms with Gasteiger partial charge >= 0.3 is 17.9 Å². The zero-order chi connectivity index (χ0) is 57.1. The minimum Gasteiger partial charge on any atom is -0.462 e. The van der Waals surface area contributed by atoms with Gasteiger partial charge in [-0.25, -0.2) is 0 Å². The van der Waals surface area contributed by atoms with Crippen LogP contribution < -0.4 is 0 Å². The highest BCUT2D eigenvalue weighted by Gasteiger charge is 2.19. The summed E-state index contributed by atoms with van der Waals surface area (Å²) >= 11 is 0. The van der Waals surface area contributed by atoms with Crippen LogP contribution in [0.2, 0.25) is 0 Å². The van der Waals surface area contributed by atoms with Gasteiger partial charge in [0.05, 0.1) is 0 Å². The molecule has 0 aromatic rings. The van der Waals surface area contributed by atoms with Gasteiger partial charge in [-0.3, -0.25) is 14.4 Å². The van der Waals surface area contributed by atoms with Gasteiger partial charge in [0.25, 0.3) is 0 Å². The third-order valence-electron chi connectivity index (χ3n) is 13.6. The molecule has 0 aliphatic carbocycles. The fourth-order valence-electron chi connectivity index (χ4n) is 8.73. The van der Waals surface area contributed by atoms with Crippen LogP contribution in [0.1, 0.15) is 290 Å². The number of allylic oxidation sites excluding steroid dienone is 22. The largest absolute Gasteiger partial charge is 0.462 e. The van der Waals surface area contributed by atoms with Crippen LogP contribution in [0.4, 0.5) is 0 Å². The van der Waals surface area contributed by atoms with E-state index < -0.39 is 6.10 Å². The van der Waals surface area contributed by atoms with Crippen molar-refractivity contribution >= 4 is 17.9 Å². The topological polar surface area (TPSA) is 78.9 Å². The second-order valence-corrected chi connectivity index (χ2v) is 21.3. The molecule has 6 heteroatoms. The SMILES string of the molecule is CC/C=C\C/C=C\C/C=C\C/C=C\C/C=C\C/C=C\C/C=C\C/C=C\C/C=C\CCCCCCCC(=O)OCC(COC(=O)CCCCCCC/C=C\CCC)OC(=O)CCCCCCCCC/C=C\CCCCCCCCC. The van der Waals surface area contributed by atoms with E-state index in [1.165, 1.54) is 96.3 Å². The number of rotatable bonds is 58. The molecule has 0 amide bonds. The fourth-order valence-corrected chi connectivity index (χ4v) is 8.73. The number of hydrogen-bond donors (Lipinski definition) is 0. The lowest BCUT2D eigenvalue weighted by atomic mass is 10.1. The molecule has 79 heavy (non-hydrogen) atoms. The Labute approximate surface area is 487 Å². The van der Waals surface area contributed by atoms with Gasteiger partial charge in [0.15, 0.2) is 6.10 Å². The van der Waals surface area contributed by atoms with Gasteiger partial charge in [0.2, 0.25) is 0 Å². The van der Waals surface area contributed by atoms with Gasteiger partial charge in [0.1, 0.15) is 13.2 Å². The molecule has 0 aliphatic rings. The van der Waals surface area contributed by atoms with Gasteiger partial charge in [-0.05, 0) is 135 Å². The third-order valence-corrected chi connectivity index (χ3v) is 13.6. The summed E-state index contributed by atoms with van der Waals surface area (Å²) in [5.74, 6) is -0.925. The zero-order valence-electron chi connectivity index (χ0n) is 51.3. The third kappa shape index (κ3) is 64.3. The maximum absolute atomic E-state index is 12.9. The molecule has 0 spiro atoms. The Morgan fingerprint density at radius 2 is 0.519 bits per heavy atom. The molecule has 0 bridgehead atoms. The van der Waals surface area contributed by atoms with Crippen molar-refractivity contribution < 1.29 is 28.6 Å². The van der Waals surface area contributed by atoms with Crippen LogP contribution in [-0.4, -0.2) is 37.2 Å². The van der Waals surface area contributed by atoms with E-state index in [0.29, 0.717) is 19.3 Å². The van der Waals surface area contributed by atoms with E-state index in [9.17, 15) is 14.4 Å². The van der Waals surface area contributed by atoms with Gasteiger partial charge in [-0.15, -0.1) is 0 Å². The average Bonchev–Trinajstić information content (AvgIpc) is 3.45. The van der Waals surface area contributed by atoms with Crippen molar-refractivity contribution in [3.63, 3.8) is 0 Å². The van der Waals surface area contributed by atoms with Crippen molar-refractivity contribution in [1.29, 1.82) is 0 Å². The summed E-state index contributed by atoms with van der Waals surface area (Å²) in [6.07, 6.45) is 93.3. The fraction of sp³-hybridized carbons (Fsp3) is 0.658. The minimum absolute atomic E-state index is 0.0926. The van der Waals surface area contributed by atoms with Crippen molar-refractivity contribution in [3.05, 3.63) is 134 Å². The average molecular weight is 1090 g/mol. The normalized spacial score (nSPS) is 13.0. The second-order valence-electron chi connectivity index (χ2n) is 21.3. The molecular formula is C73H120O6. The van der Waals surface area contributed by atoms with Crippen LogP contribution in [0.25, 0.3) is 0 Å². The molecule has 1 atom stereocenters. The summed E-state index contributed by atoms with van der Waals surface area (Å²) < 4.78 is 16.9. The van der Waals surface area contributed by atoms with Gasteiger partial charge in [-0.2, -0.15) is 0 Å². The van der Waals surface area contributed by atoms with Gasteiger partial charge < -0.3 is 14.2 Å². The standard InChI is InChI=1S/C73H120O6/c1-4-7-10-13-16-19-22-24-26-28-30-31-32-33-34-35-36-37-38-39-40-41-42-43-44-46-47-49-51-54-57-60-63-66-72(75)78-69-70(68-77-71(74)65-62-59-56-53-21-18-15-12-9-6-3)79-73(76)67-64-61-58-55-52-50-48-45-29-27-25-23-20-17-14-11-8-5-2/h7,10,12,15-16,19,24,26-27,29-31,33-34,36-37,39-40,42-43,46-47,70H,4-6,8-9,11,13-14,17-18,20-23,25,28,32,35,38,41,44-45,48-69H2,1-3H3/b10-7-,15-12-,19-16-,26-24-,29-27-,31-30-,34-33-,37-36-,40-39-,43-42-,47-46-. The first-order valence-electron chi connectivity index (χ1n) is 32.7. The summed E-state index contributed by atoms with van der Waals surface area (Å²) in [7, 11) is 0. The Kier molecular flexibility index (Phi) is 62.3. The van der Waals surface area contributed by atoms with E-state index in [2.05, 4.69) is 154 Å². The quantitative estimate of drug-likeness (QED) is 0.0261. The van der Waals surface area contributed by atoms with E-state index in [4.69, 9.17) is 14.2 Å². The highest BCUT2D eigenvalue weighted by Crippen LogP contribution is 2.15. The lowest BCUT2D eigenvalue weighted by molar-refractivity contribution is -0.167. The van der Waals surface area contributed by atoms with E-state index in [1.807, 2.05) is 0 Å². The Morgan fingerprint density at radius 3 is 0.835 bits per heavy atom. The molecule has 6 nitrogen and oxygen atoms in total. The second kappa shape index (κ2) is 66.1. The Bertz CT molecular complexity index is 1680. The molecule has 1 unspecified atom stereocenters. The van der Waals surface area contributed by atoms with Crippen LogP contribution in [0.3, 0.4) is 0 Å². The summed E-state index contributed by atoms with van der Waals surface area (Å²) in [5.41, 5.74) is 0. The molecule has 0 rings (SSSR count). The molecule has 448 valence electrons. The number of carbonyl (C=O) groups is 3. The molecule has 0 radical (unpaired) electrons. The van der Waals surface area contributed by atoms with Crippen LogP contribution in [0.15, 0.2) is 134 Å². The number of ether oxygens (including phenoxy) is 3. The maximum atomic E-state index is 12.9. The summed E-state index contributed by atoms with van der Waals surface area (Å²) in [5, 5.41) is 0. The molecule has 0 aromatic carbocycles. The van der Waals surface area contributed by atoms with Crippen molar-refractivity contribution in [2.75, 3.05) is 13.2 Å². The van der Waals surface area contributed by atoms with Crippen LogP contribution in [-0.2, 0) is 28.6 Å². The van der Waals surface area contributed by atoms with E-state index in [-0.39, 0.29) is 31.1 Å². The predicted octanol–water partition coefficient (Wildman–Crippen LogP) is 22.5. The van der Waals surface area contributed by atoms with Crippen molar-refractivity contribution in [1.82, 2.24) is 0 Å². The maximum Gasteiger partial charge on any atom is 0.306 e. The van der Waals surface area contributed by atoms with Gasteiger partial charge in [-0.1, -0.05) is 270 Å². The number of hydrogen-bond acceptors (Lipinski definition) is 6. The lowest BCUT2D eigenvalue weighted by Crippen LogP contribution is -2.30. The van der Waals surface area contributed by atoms with Crippen LogP contribution >= 0.6 is 0 Å². The summed E-state index contributed by atoms with van der Waals surface area (Å²) in [6.45, 7) is 6.44. The molecular weight excluding hydrogens is 973 g/mol. The Balaban J connectivity index is 4.29. The highest BCUT2D eigenvalue weighted by molar-refractivity contribution is 5.71. The first-order chi connectivity index (χ1) is 39.0. The molecule has 0 aromatic heterocycles. The number of unbranched alkanes of at least 4 members (excludes halogenated alkanes) is 25. The van der Waals surface area contributed by atoms with Crippen molar-refractivity contribution in [3.8, 4) is 0 Å².